The van der Waals surface area contributed by atoms with Gasteiger partial charge in [-0.15, -0.1) is 30.6 Å². The fourth-order valence-corrected chi connectivity index (χ4v) is 6.42. The van der Waals surface area contributed by atoms with Crippen LogP contribution in [-0.4, -0.2) is 66.1 Å². The van der Waals surface area contributed by atoms with E-state index in [-0.39, 0.29) is 36.1 Å². The zero-order valence-electron chi connectivity index (χ0n) is 28.9. The van der Waals surface area contributed by atoms with Crippen LogP contribution in [0.3, 0.4) is 0 Å². The van der Waals surface area contributed by atoms with Crippen molar-refractivity contribution in [3.63, 3.8) is 0 Å². The van der Waals surface area contributed by atoms with E-state index in [1.165, 1.54) is 18.2 Å². The van der Waals surface area contributed by atoms with Crippen LogP contribution in [0.5, 0.6) is 5.75 Å². The van der Waals surface area contributed by atoms with Gasteiger partial charge in [-0.1, -0.05) is 71.6 Å². The van der Waals surface area contributed by atoms with Crippen LogP contribution in [0.25, 0.3) is 21.5 Å². The number of aryl methyl sites for hydroxylation is 2. The van der Waals surface area contributed by atoms with Gasteiger partial charge in [-0.05, 0) is 141 Å². The summed E-state index contributed by atoms with van der Waals surface area (Å²) in [5.41, 5.74) is 1.79. The molecule has 0 spiro atoms. The van der Waals surface area contributed by atoms with Crippen LogP contribution in [0.4, 0.5) is 0 Å². The molecule has 3 aromatic rings. The van der Waals surface area contributed by atoms with Gasteiger partial charge in [0.15, 0.2) is 0 Å². The second-order valence-corrected chi connectivity index (χ2v) is 12.5. The van der Waals surface area contributed by atoms with Crippen molar-refractivity contribution < 1.29 is 24.9 Å². The molecule has 0 aromatic heterocycles. The van der Waals surface area contributed by atoms with Crippen molar-refractivity contribution in [2.45, 2.75) is 105 Å². The van der Waals surface area contributed by atoms with Crippen molar-refractivity contribution in [1.82, 2.24) is 9.80 Å². The average molecular weight is 692 g/mol. The zero-order valence-corrected chi connectivity index (χ0v) is 30.5. The smallest absolute Gasteiger partial charge is 0.336 e. The van der Waals surface area contributed by atoms with Crippen LogP contribution < -0.4 is 10.2 Å². The average Bonchev–Trinajstić information content (AvgIpc) is 3.02. The highest BCUT2D eigenvalue weighted by Crippen LogP contribution is 2.37. The summed E-state index contributed by atoms with van der Waals surface area (Å²) >= 11 is 0. The van der Waals surface area contributed by atoms with Gasteiger partial charge in [0.05, 0.1) is 11.5 Å². The molecule has 1 N–H and O–H groups in total. The third-order valence-electron chi connectivity index (χ3n) is 8.99. The molecule has 0 amide bonds. The van der Waals surface area contributed by atoms with Crippen LogP contribution >= 0.6 is 24.8 Å². The zero-order chi connectivity index (χ0) is 32.8. The van der Waals surface area contributed by atoms with Crippen molar-refractivity contribution in [1.29, 1.82) is 0 Å². The molecule has 0 fully saturated rings. The topological polar surface area (TPSA) is 107 Å². The molecule has 3 rings (SSSR count). The number of nitrogens with zero attached hydrogens (tertiary/aromatic N) is 2. The van der Waals surface area contributed by atoms with Crippen molar-refractivity contribution in [3.8, 4) is 5.75 Å². The molecule has 0 saturated carbocycles. The lowest BCUT2D eigenvalue weighted by Crippen LogP contribution is -2.28. The first kappa shape index (κ1) is 42.4. The van der Waals surface area contributed by atoms with Crippen LogP contribution in [-0.2, 0) is 12.8 Å². The van der Waals surface area contributed by atoms with E-state index in [4.69, 9.17) is 0 Å². The van der Waals surface area contributed by atoms with Crippen LogP contribution in [0, 0.1) is 0 Å². The quantitative estimate of drug-likeness (QED) is 0.108. The highest BCUT2D eigenvalue weighted by Gasteiger charge is 2.21. The summed E-state index contributed by atoms with van der Waals surface area (Å²) in [6.07, 6.45) is 11.9. The molecule has 9 heteroatoms. The third kappa shape index (κ3) is 12.1. The number of aromatic carboxylic acids is 2. The first-order chi connectivity index (χ1) is 21.7. The molecule has 0 bridgehead atoms. The van der Waals surface area contributed by atoms with E-state index >= 15 is 0 Å². The third-order valence-corrected chi connectivity index (χ3v) is 8.99. The standard InChI is InChI=1S/C38H56N2O5.2ClH/c1-5-9-19-39(20-10-6-2)23-13-15-28-25-32-30-18-17-29(37(42)43)26-34(30)35(41)27-33(32)31(36(28)38(44)45)16-14-24-40(21-11-7-3)22-12-8-4;;/h17-18,25-27,41H,5-16,19-24H2,1-4H3,(H,42,43)(H,44,45);2*1H/p-2. The predicted molar refractivity (Wildman–Crippen MR) is 196 cm³/mol. The minimum absolute atomic E-state index is 0. The van der Waals surface area contributed by atoms with Crippen molar-refractivity contribution >= 4 is 58.3 Å². The van der Waals surface area contributed by atoms with Crippen LogP contribution in [0.15, 0.2) is 30.3 Å². The number of halogens is 2. The molecule has 0 saturated heterocycles. The predicted octanol–water partition coefficient (Wildman–Crippen LogP) is 7.64. The summed E-state index contributed by atoms with van der Waals surface area (Å²) in [6.45, 7) is 14.8. The van der Waals surface area contributed by atoms with Gasteiger partial charge in [-0.2, -0.15) is 0 Å². The lowest BCUT2D eigenvalue weighted by molar-refractivity contribution is -0.265. The maximum Gasteiger partial charge on any atom is 0.336 e. The fraction of sp³-hybridized carbons (Fsp3) is 0.579. The first-order valence-corrected chi connectivity index (χ1v) is 17.4. The molecule has 264 valence electrons. The number of rotatable bonds is 22. The minimum Gasteiger partial charge on any atom is -0.872 e. The van der Waals surface area contributed by atoms with Gasteiger partial charge in [0.1, 0.15) is 0 Å². The van der Waals surface area contributed by atoms with E-state index in [1.54, 1.807) is 6.07 Å². The number of hydrogen-bond donors (Lipinski definition) is 1. The van der Waals surface area contributed by atoms with Gasteiger partial charge >= 0.3 is 5.97 Å². The number of unbranched alkanes of at least 4 members (excludes halogenated alkanes) is 4. The Bertz CT molecular complexity index is 1400. The Morgan fingerprint density at radius 2 is 1.13 bits per heavy atom. The summed E-state index contributed by atoms with van der Waals surface area (Å²) in [4.78, 5) is 29.5. The molecule has 47 heavy (non-hydrogen) atoms. The summed E-state index contributed by atoms with van der Waals surface area (Å²) in [5.74, 6) is -2.59. The number of carboxylic acids is 2. The Morgan fingerprint density at radius 3 is 1.60 bits per heavy atom. The second-order valence-electron chi connectivity index (χ2n) is 12.5. The van der Waals surface area contributed by atoms with E-state index in [2.05, 4.69) is 37.5 Å². The van der Waals surface area contributed by atoms with Crippen LogP contribution in [0.2, 0.25) is 0 Å². The molecule has 0 aliphatic heterocycles. The Balaban J connectivity index is 0.00000552. The molecular formula is C38H56Cl2N2O5-2. The van der Waals surface area contributed by atoms with Gasteiger partial charge in [0.2, 0.25) is 0 Å². The summed E-state index contributed by atoms with van der Waals surface area (Å²) in [5, 5.41) is 38.0. The number of carboxylic acid groups (broad SMARTS) is 2. The van der Waals surface area contributed by atoms with E-state index in [0.29, 0.717) is 34.6 Å². The molecule has 0 heterocycles. The van der Waals surface area contributed by atoms with Gasteiger partial charge in [0, 0.05) is 0 Å². The van der Waals surface area contributed by atoms with Gasteiger partial charge < -0.3 is 29.9 Å². The molecule has 3 aromatic carbocycles. The highest BCUT2D eigenvalue weighted by molar-refractivity contribution is 6.14. The molecule has 0 unspecified atom stereocenters. The fourth-order valence-electron chi connectivity index (χ4n) is 6.42. The monoisotopic (exact) mass is 690 g/mol. The van der Waals surface area contributed by atoms with E-state index in [1.807, 2.05) is 6.07 Å². The normalized spacial score (nSPS) is 11.3. The molecular weight excluding hydrogens is 635 g/mol. The maximum atomic E-state index is 13.3. The Kier molecular flexibility index (Phi) is 20.0. The lowest BCUT2D eigenvalue weighted by atomic mass is 9.87. The molecule has 7 nitrogen and oxygen atoms in total. The largest absolute Gasteiger partial charge is 0.872 e. The maximum absolute atomic E-state index is 13.3. The highest BCUT2D eigenvalue weighted by atomic mass is 35.5. The minimum atomic E-state index is -1.33. The molecule has 0 atom stereocenters. The molecule has 0 aliphatic rings. The second kappa shape index (κ2) is 22.1. The van der Waals surface area contributed by atoms with E-state index in [0.717, 1.165) is 120 Å². The van der Waals surface area contributed by atoms with Gasteiger partial charge in [0.25, 0.3) is 0 Å². The SMILES string of the molecule is CCCCN(CCCC)CCCc1cc2c(cc([O-])c3cc(C(=O)[O-])ccc32)c(CCCN(CCCC)CCCC)c1C(=O)O.Cl.Cl. The number of carbonyl (C=O) groups is 2. The number of fused-ring (bicyclic) bond motifs is 3. The Morgan fingerprint density at radius 1 is 0.638 bits per heavy atom. The van der Waals surface area contributed by atoms with Crippen molar-refractivity contribution in [2.24, 2.45) is 0 Å². The summed E-state index contributed by atoms with van der Waals surface area (Å²) < 4.78 is 0. The number of carbonyl (C=O) groups excluding carboxylic acids is 1. The number of hydrogen-bond acceptors (Lipinski definition) is 6. The van der Waals surface area contributed by atoms with E-state index in [9.17, 15) is 24.9 Å². The summed E-state index contributed by atoms with van der Waals surface area (Å²) in [7, 11) is 0. The number of benzene rings is 3. The lowest BCUT2D eigenvalue weighted by Gasteiger charge is -2.24. The Hall–Kier alpha value is -2.58. The van der Waals surface area contributed by atoms with Crippen molar-refractivity contribution in [3.05, 3.63) is 52.6 Å². The van der Waals surface area contributed by atoms with Gasteiger partial charge in [-0.25, -0.2) is 4.79 Å². The van der Waals surface area contributed by atoms with Crippen molar-refractivity contribution in [2.75, 3.05) is 39.3 Å². The molecule has 0 aliphatic carbocycles. The van der Waals surface area contributed by atoms with Crippen LogP contribution in [0.1, 0.15) is 124 Å². The first-order valence-electron chi connectivity index (χ1n) is 17.4. The molecule has 0 radical (unpaired) electrons. The van der Waals surface area contributed by atoms with Gasteiger partial charge in [-0.3, -0.25) is 0 Å². The summed E-state index contributed by atoms with van der Waals surface area (Å²) in [6, 6.07) is 7.99. The Labute approximate surface area is 294 Å². The van der Waals surface area contributed by atoms with E-state index < -0.39 is 11.9 Å².